The van der Waals surface area contributed by atoms with Crippen molar-refractivity contribution < 1.29 is 27.5 Å². The summed E-state index contributed by atoms with van der Waals surface area (Å²) in [4.78, 5) is 12.5. The minimum absolute atomic E-state index is 0.0476. The van der Waals surface area contributed by atoms with E-state index in [0.29, 0.717) is 12.1 Å². The number of carboxylic acid groups (broad SMARTS) is 1. The van der Waals surface area contributed by atoms with Crippen LogP contribution in [0.5, 0.6) is 0 Å². The zero-order chi connectivity index (χ0) is 24.1. The summed E-state index contributed by atoms with van der Waals surface area (Å²) in [5.74, 6) is -3.52. The SMILES string of the molecule is C[C@@H]1CC2c3cc(F)ccc3NC2[C@@H](c2c(F)cc(/C=C/C(=O)O)cc2F)N1CC(C)(C)F. The number of hydrogen-bond donors (Lipinski definition) is 2. The average molecular weight is 462 g/mol. The van der Waals surface area contributed by atoms with Gasteiger partial charge in [-0.15, -0.1) is 0 Å². The molecule has 1 fully saturated rings. The van der Waals surface area contributed by atoms with E-state index in [1.807, 2.05) is 6.92 Å². The number of piperidine rings is 1. The molecular formula is C25H26F4N2O2. The molecule has 8 heteroatoms. The second kappa shape index (κ2) is 8.48. The van der Waals surface area contributed by atoms with Crippen LogP contribution in [0, 0.1) is 17.5 Å². The van der Waals surface area contributed by atoms with Crippen LogP contribution in [-0.4, -0.2) is 40.3 Å². The summed E-state index contributed by atoms with van der Waals surface area (Å²) in [5, 5.41) is 12.1. The molecule has 2 unspecified atom stereocenters. The smallest absolute Gasteiger partial charge is 0.328 e. The van der Waals surface area contributed by atoms with Gasteiger partial charge < -0.3 is 10.4 Å². The number of aliphatic carboxylic acids is 1. The van der Waals surface area contributed by atoms with E-state index in [2.05, 4.69) is 5.32 Å². The van der Waals surface area contributed by atoms with Crippen LogP contribution in [0.15, 0.2) is 36.4 Å². The summed E-state index contributed by atoms with van der Waals surface area (Å²) in [7, 11) is 0. The number of rotatable bonds is 5. The molecule has 2 aromatic rings. The third-order valence-electron chi connectivity index (χ3n) is 6.40. The molecule has 0 spiro atoms. The van der Waals surface area contributed by atoms with Gasteiger partial charge in [-0.3, -0.25) is 4.90 Å². The van der Waals surface area contributed by atoms with Gasteiger partial charge >= 0.3 is 5.97 Å². The summed E-state index contributed by atoms with van der Waals surface area (Å²) >= 11 is 0. The first kappa shape index (κ1) is 23.3. The van der Waals surface area contributed by atoms with E-state index in [9.17, 15) is 13.6 Å². The van der Waals surface area contributed by atoms with Gasteiger partial charge in [0.15, 0.2) is 0 Å². The molecule has 2 heterocycles. The topological polar surface area (TPSA) is 52.6 Å². The Morgan fingerprint density at radius 2 is 1.88 bits per heavy atom. The van der Waals surface area contributed by atoms with Gasteiger partial charge in [0.25, 0.3) is 0 Å². The molecule has 4 nitrogen and oxygen atoms in total. The van der Waals surface area contributed by atoms with Crippen molar-refractivity contribution in [2.45, 2.75) is 56.9 Å². The summed E-state index contributed by atoms with van der Waals surface area (Å²) in [6.07, 6.45) is 2.48. The fourth-order valence-electron chi connectivity index (χ4n) is 5.19. The van der Waals surface area contributed by atoms with Gasteiger partial charge in [0, 0.05) is 35.8 Å². The third kappa shape index (κ3) is 4.62. The molecule has 0 bridgehead atoms. The molecule has 2 N–H and O–H groups in total. The highest BCUT2D eigenvalue weighted by atomic mass is 19.1. The van der Waals surface area contributed by atoms with Gasteiger partial charge in [0.05, 0.1) is 12.1 Å². The molecule has 33 heavy (non-hydrogen) atoms. The van der Waals surface area contributed by atoms with Crippen LogP contribution in [0.2, 0.25) is 0 Å². The van der Waals surface area contributed by atoms with E-state index in [1.165, 1.54) is 26.0 Å². The second-order valence-electron chi connectivity index (χ2n) is 9.50. The van der Waals surface area contributed by atoms with Crippen molar-refractivity contribution >= 4 is 17.7 Å². The quantitative estimate of drug-likeness (QED) is 0.445. The molecule has 1 saturated heterocycles. The van der Waals surface area contributed by atoms with E-state index >= 15 is 8.78 Å². The lowest BCUT2D eigenvalue weighted by Gasteiger charge is -2.48. The highest BCUT2D eigenvalue weighted by molar-refractivity contribution is 5.85. The highest BCUT2D eigenvalue weighted by Gasteiger charge is 2.49. The van der Waals surface area contributed by atoms with Crippen molar-refractivity contribution in [3.05, 3.63) is 70.5 Å². The van der Waals surface area contributed by atoms with E-state index in [0.717, 1.165) is 29.8 Å². The lowest BCUT2D eigenvalue weighted by Crippen LogP contribution is -2.54. The largest absolute Gasteiger partial charge is 0.478 e. The molecule has 176 valence electrons. The predicted octanol–water partition coefficient (Wildman–Crippen LogP) is 5.66. The van der Waals surface area contributed by atoms with Crippen molar-refractivity contribution in [1.29, 1.82) is 0 Å². The van der Waals surface area contributed by atoms with Crippen LogP contribution in [-0.2, 0) is 4.79 Å². The van der Waals surface area contributed by atoms with Crippen LogP contribution >= 0.6 is 0 Å². The second-order valence-corrected chi connectivity index (χ2v) is 9.50. The van der Waals surface area contributed by atoms with Crippen molar-refractivity contribution in [3.8, 4) is 0 Å². The van der Waals surface area contributed by atoms with E-state index in [1.54, 1.807) is 11.0 Å². The standard InChI is InChI=1S/C25H26F4N2O2/c1-13-8-17-16-11-15(26)5-6-20(16)30-23(17)24(31(13)12-25(2,3)29)22-18(27)9-14(10-19(22)28)4-7-21(32)33/h4-7,9-11,13,17,23-24,30H,8,12H2,1-3H3,(H,32,33)/b7-4+/t13-,17?,23?,24-/m1/s1. The molecule has 0 amide bonds. The van der Waals surface area contributed by atoms with Gasteiger partial charge in [-0.25, -0.2) is 22.4 Å². The number of fused-ring (bicyclic) bond motifs is 3. The van der Waals surface area contributed by atoms with Gasteiger partial charge in [-0.05, 0) is 74.7 Å². The van der Waals surface area contributed by atoms with Crippen LogP contribution in [0.3, 0.4) is 0 Å². The predicted molar refractivity (Wildman–Crippen MR) is 118 cm³/mol. The molecule has 2 aliphatic heterocycles. The molecule has 0 radical (unpaired) electrons. The Hall–Kier alpha value is -2.87. The van der Waals surface area contributed by atoms with Crippen LogP contribution in [0.25, 0.3) is 6.08 Å². The van der Waals surface area contributed by atoms with Gasteiger partial charge in [-0.2, -0.15) is 0 Å². The fraction of sp³-hybridized carbons (Fsp3) is 0.400. The van der Waals surface area contributed by atoms with Crippen molar-refractivity contribution in [2.75, 3.05) is 11.9 Å². The maximum atomic E-state index is 15.4. The number of likely N-dealkylation sites (tertiary alicyclic amines) is 1. The van der Waals surface area contributed by atoms with Crippen molar-refractivity contribution in [1.82, 2.24) is 4.90 Å². The summed E-state index contributed by atoms with van der Waals surface area (Å²) in [6.45, 7) is 4.67. The third-order valence-corrected chi connectivity index (χ3v) is 6.40. The molecule has 0 aromatic heterocycles. The summed E-state index contributed by atoms with van der Waals surface area (Å²) in [6, 6.07) is 4.95. The Labute approximate surface area is 189 Å². The molecule has 4 rings (SSSR count). The first-order valence-corrected chi connectivity index (χ1v) is 10.8. The normalized spacial score (nSPS) is 25.1. The lowest BCUT2D eigenvalue weighted by atomic mass is 9.77. The summed E-state index contributed by atoms with van der Waals surface area (Å²) in [5.41, 5.74) is -0.314. The Balaban J connectivity index is 1.82. The summed E-state index contributed by atoms with van der Waals surface area (Å²) < 4.78 is 59.5. The zero-order valence-electron chi connectivity index (χ0n) is 18.6. The van der Waals surface area contributed by atoms with Gasteiger partial charge in [0.2, 0.25) is 0 Å². The molecule has 0 saturated carbocycles. The number of nitrogens with one attached hydrogen (secondary N) is 1. The molecular weight excluding hydrogens is 436 g/mol. The number of hydrogen-bond acceptors (Lipinski definition) is 3. The number of nitrogens with zero attached hydrogens (tertiary/aromatic N) is 1. The number of benzene rings is 2. The number of anilines is 1. The Kier molecular flexibility index (Phi) is 5.99. The average Bonchev–Trinajstić information content (AvgIpc) is 3.04. The lowest BCUT2D eigenvalue weighted by molar-refractivity contribution is -0.131. The molecule has 0 aliphatic carbocycles. The van der Waals surface area contributed by atoms with Crippen LogP contribution in [0.4, 0.5) is 23.2 Å². The fourth-order valence-corrected chi connectivity index (χ4v) is 5.19. The minimum atomic E-state index is -1.62. The molecule has 4 atom stereocenters. The van der Waals surface area contributed by atoms with E-state index in [4.69, 9.17) is 5.11 Å². The van der Waals surface area contributed by atoms with Crippen molar-refractivity contribution in [2.24, 2.45) is 0 Å². The highest BCUT2D eigenvalue weighted by Crippen LogP contribution is 2.51. The first-order chi connectivity index (χ1) is 15.4. The monoisotopic (exact) mass is 462 g/mol. The first-order valence-electron chi connectivity index (χ1n) is 10.8. The maximum Gasteiger partial charge on any atom is 0.328 e. The van der Waals surface area contributed by atoms with E-state index in [-0.39, 0.29) is 35.4 Å². The van der Waals surface area contributed by atoms with Gasteiger partial charge in [-0.1, -0.05) is 0 Å². The minimum Gasteiger partial charge on any atom is -0.478 e. The van der Waals surface area contributed by atoms with E-state index < -0.39 is 35.4 Å². The van der Waals surface area contributed by atoms with Crippen LogP contribution in [0.1, 0.15) is 55.8 Å². The zero-order valence-corrected chi connectivity index (χ0v) is 18.6. The number of carbonyl (C=O) groups is 1. The molecule has 2 aliphatic rings. The number of carboxylic acids is 1. The van der Waals surface area contributed by atoms with Crippen molar-refractivity contribution in [3.63, 3.8) is 0 Å². The Morgan fingerprint density at radius 1 is 1.21 bits per heavy atom. The van der Waals surface area contributed by atoms with Gasteiger partial charge in [0.1, 0.15) is 23.1 Å². The Bertz CT molecular complexity index is 1090. The molecule has 2 aromatic carbocycles. The Morgan fingerprint density at radius 3 is 2.48 bits per heavy atom. The van der Waals surface area contributed by atoms with Crippen LogP contribution < -0.4 is 5.32 Å². The number of halogens is 4. The number of alkyl halides is 1. The maximum absolute atomic E-state index is 15.4.